The van der Waals surface area contributed by atoms with Crippen molar-refractivity contribution in [2.75, 3.05) is 112 Å². The predicted molar refractivity (Wildman–Crippen MR) is 460 cm³/mol. The van der Waals surface area contributed by atoms with Gasteiger partial charge in [0.05, 0.1) is 145 Å². The first kappa shape index (κ1) is 101. The van der Waals surface area contributed by atoms with E-state index in [0.29, 0.717) is 114 Å². The van der Waals surface area contributed by atoms with Crippen LogP contribution in [0.2, 0.25) is 0 Å². The summed E-state index contributed by atoms with van der Waals surface area (Å²) in [6.07, 6.45) is 37.9. The highest BCUT2D eigenvalue weighted by Gasteiger charge is 2.52. The molecule has 1 aliphatic carbocycles. The van der Waals surface area contributed by atoms with Crippen molar-refractivity contribution in [2.24, 2.45) is 64.5 Å². The summed E-state index contributed by atoms with van der Waals surface area (Å²) in [5.74, 6) is -0.774. The zero-order valence-corrected chi connectivity index (χ0v) is 75.8. The van der Waals surface area contributed by atoms with Crippen molar-refractivity contribution in [1.82, 2.24) is 26.6 Å². The fourth-order valence-corrected chi connectivity index (χ4v) is 20.5. The monoisotopic (exact) mass is 1760 g/mol. The second kappa shape index (κ2) is 54.1. The Morgan fingerprint density at radius 2 is 0.637 bits per heavy atom. The van der Waals surface area contributed by atoms with E-state index in [1.165, 1.54) is 44.9 Å². The van der Waals surface area contributed by atoms with Gasteiger partial charge in [0, 0.05) is 58.4 Å². The number of carbonyl (C=O) groups excluding carboxylic acids is 8. The average molecular weight is 1760 g/mol. The molecule has 27 atom stereocenters. The number of rotatable bonds is 37. The number of fused-ring (bicyclic) bond motifs is 16. The Kier molecular flexibility index (Phi) is 44.1. The zero-order valence-electron chi connectivity index (χ0n) is 75.8. The van der Waals surface area contributed by atoms with Crippen molar-refractivity contribution >= 4 is 47.8 Å². The topological polar surface area (TPSA) is 422 Å². The van der Waals surface area contributed by atoms with Crippen LogP contribution in [0.1, 0.15) is 253 Å². The molecule has 1 saturated carbocycles. The van der Waals surface area contributed by atoms with Gasteiger partial charge < -0.3 is 120 Å². The quantitative estimate of drug-likeness (QED) is 0.0171. The van der Waals surface area contributed by atoms with Gasteiger partial charge in [-0.2, -0.15) is 0 Å². The second-order valence-electron chi connectivity index (χ2n) is 36.8. The highest BCUT2D eigenvalue weighted by atomic mass is 16.6. The van der Waals surface area contributed by atoms with Gasteiger partial charge >= 0.3 is 47.8 Å². The molecule has 17 rings (SSSR count). The molecule has 124 heavy (non-hydrogen) atoms. The van der Waals surface area contributed by atoms with Crippen LogP contribution in [0.3, 0.4) is 0 Å². The molecule has 11 N–H and O–H groups in total. The molecule has 17 aliphatic rings. The van der Waals surface area contributed by atoms with E-state index in [-0.39, 0.29) is 162 Å². The van der Waals surface area contributed by atoms with E-state index in [9.17, 15) is 38.4 Å². The highest BCUT2D eigenvalue weighted by Crippen LogP contribution is 2.46. The van der Waals surface area contributed by atoms with Gasteiger partial charge in [-0.3, -0.25) is 38.4 Å². The fourth-order valence-electron chi connectivity index (χ4n) is 20.5. The largest absolute Gasteiger partial charge is 0.464 e. The van der Waals surface area contributed by atoms with Crippen LogP contribution < -0.4 is 43.8 Å². The summed E-state index contributed by atoms with van der Waals surface area (Å²) in [7, 11) is 1.84. The normalized spacial score (nSPS) is 34.3. The van der Waals surface area contributed by atoms with Gasteiger partial charge in [0.15, 0.2) is 0 Å². The Labute approximate surface area is 737 Å². The van der Waals surface area contributed by atoms with E-state index in [1.54, 1.807) is 0 Å². The van der Waals surface area contributed by atoms with E-state index in [1.807, 2.05) is 34.7 Å². The molecule has 32 nitrogen and oxygen atoms in total. The minimum absolute atomic E-state index is 0.00407. The van der Waals surface area contributed by atoms with Crippen LogP contribution in [0, 0.1) is 47.3 Å². The molecule has 32 heteroatoms. The Morgan fingerprint density at radius 1 is 0.331 bits per heavy atom. The summed E-state index contributed by atoms with van der Waals surface area (Å²) in [5, 5.41) is 16.1. The minimum Gasteiger partial charge on any atom is -0.464 e. The average Bonchev–Trinajstić information content (AvgIpc) is 1.58. The highest BCUT2D eigenvalue weighted by molar-refractivity contribution is 5.77. The van der Waals surface area contributed by atoms with E-state index in [4.69, 9.17) is 93.0 Å². The lowest BCUT2D eigenvalue weighted by Crippen LogP contribution is -2.39. The van der Waals surface area contributed by atoms with Crippen LogP contribution in [0.25, 0.3) is 0 Å². The third-order valence-electron chi connectivity index (χ3n) is 27.4. The van der Waals surface area contributed by atoms with Crippen molar-refractivity contribution in [1.29, 1.82) is 0 Å². The summed E-state index contributed by atoms with van der Waals surface area (Å²) in [5.41, 5.74) is 16.1. The second-order valence-corrected chi connectivity index (χ2v) is 36.8. The van der Waals surface area contributed by atoms with Gasteiger partial charge in [0.2, 0.25) is 0 Å². The number of nitrogens with one attached hydrogen (secondary N) is 5. The molecule has 0 spiro atoms. The minimum atomic E-state index is -0.179. The maximum Gasteiger partial charge on any atom is 0.311 e. The number of nitrogens with two attached hydrogens (primary N) is 3. The fraction of sp³-hybridized carbons (Fsp3) is 0.913. The molecular formula is C92H158N8O24. The molecule has 16 heterocycles. The lowest BCUT2D eigenvalue weighted by atomic mass is 9.89. The van der Waals surface area contributed by atoms with E-state index >= 15 is 0 Å². The van der Waals surface area contributed by atoms with Crippen LogP contribution in [0.4, 0.5) is 0 Å². The summed E-state index contributed by atoms with van der Waals surface area (Å²) < 4.78 is 87.0. The summed E-state index contributed by atoms with van der Waals surface area (Å²) in [6, 6.07) is 0.621. The Morgan fingerprint density at radius 3 is 0.911 bits per heavy atom. The van der Waals surface area contributed by atoms with Gasteiger partial charge in [0.25, 0.3) is 0 Å². The van der Waals surface area contributed by atoms with Gasteiger partial charge in [-0.15, -0.1) is 0 Å². The maximum absolute atomic E-state index is 12.2. The first-order valence-electron chi connectivity index (χ1n) is 48.5. The molecule has 710 valence electrons. The number of carbonyl (C=O) groups is 8. The summed E-state index contributed by atoms with van der Waals surface area (Å²) in [6.45, 7) is 22.1. The molecule has 16 aliphatic heterocycles. The SMILES string of the molecule is CC(CN)OC(=O)C1CC2CCC1O2.CC(CNC1CCCCC1)OC(=O)C1CC2CCC1O2.CCC(CN)OC(=O)C1CC2CCC1O2.CCCCNCCOC(=O)C1CC2CCC1O2.CCCNCCOC(=O)C1CC2CCC1O2.CCNCCOC(=O)C1CC2CCC1O2.CNCCOC(=O)C1CC2CCC1O2.NCCOC(=O)C1CC2CCC1O2. The van der Waals surface area contributed by atoms with Crippen molar-refractivity contribution in [3.8, 4) is 0 Å². The summed E-state index contributed by atoms with van der Waals surface area (Å²) >= 11 is 0. The molecule has 0 aromatic heterocycles. The van der Waals surface area contributed by atoms with E-state index in [0.717, 1.165) is 213 Å². The molecule has 16 bridgehead atoms. The van der Waals surface area contributed by atoms with Crippen molar-refractivity contribution < 1.29 is 114 Å². The zero-order chi connectivity index (χ0) is 88.3. The van der Waals surface area contributed by atoms with Gasteiger partial charge in [0.1, 0.15) is 51.3 Å². The molecule has 27 unspecified atom stereocenters. The Bertz CT molecular complexity index is 3180. The van der Waals surface area contributed by atoms with Gasteiger partial charge in [-0.25, -0.2) is 0 Å². The smallest absolute Gasteiger partial charge is 0.311 e. The van der Waals surface area contributed by atoms with Gasteiger partial charge in [-0.05, 0) is 227 Å². The number of unbranched alkanes of at least 4 members (excludes halogenated alkanes) is 1. The first-order chi connectivity index (χ1) is 60.2. The van der Waals surface area contributed by atoms with Crippen LogP contribution in [0.15, 0.2) is 0 Å². The van der Waals surface area contributed by atoms with Crippen LogP contribution >= 0.6 is 0 Å². The van der Waals surface area contributed by atoms with Crippen LogP contribution in [-0.2, 0) is 114 Å². The molecule has 0 aromatic rings. The standard InChI is InChI=1S/C16H27NO3.C13H23NO3.C12H21NO3.2C11H19NO3.2C10H17NO3.C9H15NO3/c1-11(10-17-12-5-3-2-4-6-12)19-16(18)14-9-13-7-8-15(14)20-13;1-2-3-6-14-7-8-16-13(15)11-9-10-4-5-12(11)17-10;1-2-5-13-6-7-15-12(14)10-8-9-3-4-11(10)16-9;1-2-7(6-12)15-11(13)9-5-8-3-4-10(9)14-8;1-2-12-5-6-14-11(13)9-7-8-3-4-10(9)15-8;1-6(5-11)13-10(12)8-4-7-2-3-9(8)14-7;1-11-4-5-13-10(12)8-6-7-2-3-9(8)14-7;10-3-4-12-9(11)7-5-6-1-2-8(7)13-6/h11-15,17H,2-10H2,1H3;10-12,14H,2-9H2,1H3;9-11,13H,2-8H2,1H3;7-10H,2-6,12H2,1H3;8-10,12H,2-7H2,1H3;6-9H,2-5,11H2,1H3;7-9,11H,2-6H2,1H3;6-8H,1-5,10H2. The summed E-state index contributed by atoms with van der Waals surface area (Å²) in [4.78, 5) is 93.8. The Hall–Kier alpha value is -4.88. The van der Waals surface area contributed by atoms with E-state index < -0.39 is 0 Å². The number of ether oxygens (including phenoxy) is 16. The van der Waals surface area contributed by atoms with Gasteiger partial charge in [-0.1, -0.05) is 53.4 Å². The third kappa shape index (κ3) is 31.4. The van der Waals surface area contributed by atoms with Crippen molar-refractivity contribution in [3.05, 3.63) is 0 Å². The number of hydrogen-bond donors (Lipinski definition) is 8. The lowest BCUT2D eigenvalue weighted by Gasteiger charge is -2.25. The molecule has 16 saturated heterocycles. The molecule has 0 aromatic carbocycles. The maximum atomic E-state index is 12.2. The molecule has 0 radical (unpaired) electrons. The predicted octanol–water partition coefficient (Wildman–Crippen LogP) is 7.35. The number of esters is 8. The first-order valence-corrected chi connectivity index (χ1v) is 48.5. The van der Waals surface area contributed by atoms with Crippen LogP contribution in [0.5, 0.6) is 0 Å². The lowest BCUT2D eigenvalue weighted by molar-refractivity contribution is -0.156. The number of likely N-dealkylation sites (N-methyl/N-ethyl adjacent to an activating group) is 2. The molecule has 0 amide bonds. The Balaban J connectivity index is 0.000000149. The molecule has 17 fully saturated rings. The molecular weight excluding hydrogens is 1600 g/mol. The van der Waals surface area contributed by atoms with Crippen LogP contribution in [-0.4, -0.2) is 282 Å². The van der Waals surface area contributed by atoms with E-state index in [2.05, 4.69) is 40.4 Å². The number of hydrogen-bond acceptors (Lipinski definition) is 32. The third-order valence-corrected chi connectivity index (χ3v) is 27.4. The van der Waals surface area contributed by atoms with Crippen molar-refractivity contribution in [3.63, 3.8) is 0 Å². The van der Waals surface area contributed by atoms with Crippen molar-refractivity contribution in [2.45, 2.75) is 375 Å².